The Morgan fingerprint density at radius 3 is 1.39 bits per heavy atom. The van der Waals surface area contributed by atoms with Crippen molar-refractivity contribution in [1.82, 2.24) is 0 Å². The van der Waals surface area contributed by atoms with Crippen LogP contribution in [0.25, 0.3) is 0 Å². The third kappa shape index (κ3) is 12.4. The first-order valence-electron chi connectivity index (χ1n) is 21.3. The van der Waals surface area contributed by atoms with Gasteiger partial charge in [0.2, 0.25) is 0 Å². The SMILES string of the molecule is C=C(C)C(=O)OCC=CC(C)(C)C(C)(C)CC(C)(C)C(C)(C)c1cc(C(C)(C)C)cc(C(C)(C)C(C)(C)CC(C)(C)C(C)(C)CCC(C)COC(=O)C(=C)C)c1. The minimum atomic E-state index is -0.354. The van der Waals surface area contributed by atoms with Gasteiger partial charge in [-0.25, -0.2) is 9.59 Å². The molecule has 0 aliphatic carbocycles. The van der Waals surface area contributed by atoms with E-state index in [0.717, 1.165) is 25.7 Å². The van der Waals surface area contributed by atoms with E-state index in [0.29, 0.717) is 17.8 Å². The van der Waals surface area contributed by atoms with Gasteiger partial charge in [-0.05, 0) is 111 Å². The summed E-state index contributed by atoms with van der Waals surface area (Å²) in [6.45, 7) is 59.4. The molecular weight excluding hydrogens is 689 g/mol. The molecule has 1 rings (SSSR count). The minimum absolute atomic E-state index is 0.0124. The summed E-state index contributed by atoms with van der Waals surface area (Å²) in [5.41, 5.74) is 4.60. The first kappa shape index (κ1) is 51.4. The molecule has 0 spiro atoms. The van der Waals surface area contributed by atoms with Gasteiger partial charge in [-0.2, -0.15) is 0 Å². The second-order valence-corrected chi connectivity index (χ2v) is 23.6. The van der Waals surface area contributed by atoms with Crippen molar-refractivity contribution >= 4 is 11.9 Å². The lowest BCUT2D eigenvalue weighted by Gasteiger charge is -2.53. The van der Waals surface area contributed by atoms with Crippen LogP contribution in [-0.2, 0) is 35.3 Å². The van der Waals surface area contributed by atoms with Crippen molar-refractivity contribution in [3.05, 3.63) is 71.3 Å². The van der Waals surface area contributed by atoms with Crippen LogP contribution < -0.4 is 0 Å². The number of hydrogen-bond donors (Lipinski definition) is 0. The van der Waals surface area contributed by atoms with Gasteiger partial charge in [-0.1, -0.05) is 182 Å². The Morgan fingerprint density at radius 2 is 0.982 bits per heavy atom. The molecule has 4 nitrogen and oxygen atoms in total. The van der Waals surface area contributed by atoms with Crippen LogP contribution in [0.4, 0.5) is 0 Å². The molecule has 1 aromatic carbocycles. The lowest BCUT2D eigenvalue weighted by molar-refractivity contribution is -0.140. The van der Waals surface area contributed by atoms with Crippen LogP contribution in [0.1, 0.15) is 195 Å². The Morgan fingerprint density at radius 1 is 0.589 bits per heavy atom. The molecule has 56 heavy (non-hydrogen) atoms. The Kier molecular flexibility index (Phi) is 16.2. The molecule has 4 heteroatoms. The van der Waals surface area contributed by atoms with Crippen LogP contribution >= 0.6 is 0 Å². The van der Waals surface area contributed by atoms with Crippen LogP contribution in [0, 0.1) is 38.4 Å². The van der Waals surface area contributed by atoms with E-state index in [1.807, 2.05) is 6.08 Å². The van der Waals surface area contributed by atoms with E-state index in [-0.39, 0.29) is 73.2 Å². The monoisotopic (exact) mass is 777 g/mol. The van der Waals surface area contributed by atoms with E-state index in [9.17, 15) is 9.59 Å². The van der Waals surface area contributed by atoms with E-state index in [4.69, 9.17) is 9.47 Å². The minimum Gasteiger partial charge on any atom is -0.462 e. The summed E-state index contributed by atoms with van der Waals surface area (Å²) >= 11 is 0. The Hall–Kier alpha value is -2.62. The fraction of sp³-hybridized carbons (Fsp3) is 0.731. The molecule has 0 N–H and O–H groups in total. The molecule has 1 unspecified atom stereocenters. The highest BCUT2D eigenvalue weighted by Gasteiger charge is 2.49. The fourth-order valence-corrected chi connectivity index (χ4v) is 7.87. The van der Waals surface area contributed by atoms with E-state index < -0.39 is 0 Å². The smallest absolute Gasteiger partial charge is 0.333 e. The summed E-state index contributed by atoms with van der Waals surface area (Å²) in [4.78, 5) is 23.9. The molecule has 1 atom stereocenters. The molecule has 0 aliphatic rings. The zero-order chi connectivity index (χ0) is 44.3. The summed E-state index contributed by atoms with van der Waals surface area (Å²) < 4.78 is 10.9. The van der Waals surface area contributed by atoms with Crippen molar-refractivity contribution in [2.24, 2.45) is 38.4 Å². The molecule has 0 bridgehead atoms. The summed E-state index contributed by atoms with van der Waals surface area (Å²) in [5, 5.41) is 0. The normalized spacial score (nSPS) is 14.8. The lowest BCUT2D eigenvalue weighted by atomic mass is 9.52. The third-order valence-electron chi connectivity index (χ3n) is 15.3. The third-order valence-corrected chi connectivity index (χ3v) is 15.3. The number of carbonyl (C=O) groups is 2. The molecule has 1 aromatic rings. The number of esters is 2. The van der Waals surface area contributed by atoms with Crippen LogP contribution in [0.3, 0.4) is 0 Å². The van der Waals surface area contributed by atoms with E-state index >= 15 is 0 Å². The molecule has 0 aliphatic heterocycles. The number of benzene rings is 1. The number of rotatable bonds is 20. The largest absolute Gasteiger partial charge is 0.462 e. The van der Waals surface area contributed by atoms with Crippen LogP contribution in [0.2, 0.25) is 0 Å². The van der Waals surface area contributed by atoms with Crippen LogP contribution in [0.15, 0.2) is 54.7 Å². The van der Waals surface area contributed by atoms with Crippen LogP contribution in [-0.4, -0.2) is 25.2 Å². The van der Waals surface area contributed by atoms with Crippen molar-refractivity contribution in [3.8, 4) is 0 Å². The highest BCUT2D eigenvalue weighted by molar-refractivity contribution is 5.87. The maximum absolute atomic E-state index is 12.0. The lowest BCUT2D eigenvalue weighted by Crippen LogP contribution is -2.45. The van der Waals surface area contributed by atoms with Crippen molar-refractivity contribution < 1.29 is 19.1 Å². The van der Waals surface area contributed by atoms with Gasteiger partial charge in [0.1, 0.15) is 6.61 Å². The van der Waals surface area contributed by atoms with Gasteiger partial charge in [-0.15, -0.1) is 0 Å². The fourth-order valence-electron chi connectivity index (χ4n) is 7.87. The molecular formula is C52H88O4. The van der Waals surface area contributed by atoms with Crippen molar-refractivity contribution in [1.29, 1.82) is 0 Å². The Labute approximate surface area is 347 Å². The summed E-state index contributed by atoms with van der Waals surface area (Å²) in [6.07, 6.45) is 8.32. The topological polar surface area (TPSA) is 52.6 Å². The predicted molar refractivity (Wildman–Crippen MR) is 242 cm³/mol. The van der Waals surface area contributed by atoms with Gasteiger partial charge in [-0.3, -0.25) is 0 Å². The highest BCUT2D eigenvalue weighted by atomic mass is 16.5. The molecule has 0 heterocycles. The standard InChI is InChI=1S/C52H88O4/c1-36(2)42(53)55-29-25-27-45(9,10)47(13,14)34-49(17,18)51(21,22)40-30-39(44(6,7)8)31-41(32-40)52(23,24)50(19,20)35-48(15,16)46(11,12)28-26-38(5)33-56-43(54)37(3)4/h25,27,30-32,38H,1,3,26,28-29,33-35H2,2,4-24H3. The number of allylic oxidation sites excluding steroid dienone is 1. The van der Waals surface area contributed by atoms with Crippen molar-refractivity contribution in [3.63, 3.8) is 0 Å². The molecule has 0 saturated carbocycles. The molecule has 320 valence electrons. The molecule has 0 radical (unpaired) electrons. The van der Waals surface area contributed by atoms with Gasteiger partial charge in [0, 0.05) is 11.1 Å². The van der Waals surface area contributed by atoms with Crippen molar-refractivity contribution in [2.45, 2.75) is 194 Å². The van der Waals surface area contributed by atoms with Gasteiger partial charge < -0.3 is 9.47 Å². The molecule has 0 fully saturated rings. The second kappa shape index (κ2) is 17.7. The van der Waals surface area contributed by atoms with Gasteiger partial charge >= 0.3 is 11.9 Å². The first-order chi connectivity index (χ1) is 24.8. The second-order valence-electron chi connectivity index (χ2n) is 23.6. The van der Waals surface area contributed by atoms with Crippen LogP contribution in [0.5, 0.6) is 0 Å². The zero-order valence-electron chi connectivity index (χ0n) is 40.8. The summed E-state index contributed by atoms with van der Waals surface area (Å²) in [7, 11) is 0. The Bertz CT molecular complexity index is 1580. The molecule has 0 saturated heterocycles. The average molecular weight is 777 g/mol. The van der Waals surface area contributed by atoms with Gasteiger partial charge in [0.15, 0.2) is 0 Å². The molecule has 0 amide bonds. The number of hydrogen-bond acceptors (Lipinski definition) is 4. The Balaban J connectivity index is 3.56. The summed E-state index contributed by atoms with van der Waals surface area (Å²) in [6, 6.07) is 7.53. The average Bonchev–Trinajstić information content (AvgIpc) is 3.02. The van der Waals surface area contributed by atoms with E-state index in [2.05, 4.69) is 176 Å². The van der Waals surface area contributed by atoms with Crippen molar-refractivity contribution in [2.75, 3.05) is 13.2 Å². The predicted octanol–water partition coefficient (Wildman–Crippen LogP) is 14.7. The first-order valence-corrected chi connectivity index (χ1v) is 21.3. The van der Waals surface area contributed by atoms with E-state index in [1.165, 1.54) is 16.7 Å². The number of ether oxygens (including phenoxy) is 2. The maximum atomic E-state index is 12.0. The van der Waals surface area contributed by atoms with Gasteiger partial charge in [0.25, 0.3) is 0 Å². The number of carbonyl (C=O) groups excluding carboxylic acids is 2. The zero-order valence-corrected chi connectivity index (χ0v) is 40.8. The van der Waals surface area contributed by atoms with E-state index in [1.54, 1.807) is 13.8 Å². The quantitative estimate of drug-likeness (QED) is 0.0752. The van der Waals surface area contributed by atoms with Gasteiger partial charge in [0.05, 0.1) is 6.61 Å². The summed E-state index contributed by atoms with van der Waals surface area (Å²) in [5.74, 6) is -0.369. The maximum Gasteiger partial charge on any atom is 0.333 e. The highest BCUT2D eigenvalue weighted by Crippen LogP contribution is 2.57. The molecule has 0 aromatic heterocycles.